The van der Waals surface area contributed by atoms with Gasteiger partial charge in [-0.3, -0.25) is 9.59 Å². The molecule has 1 fully saturated rings. The van der Waals surface area contributed by atoms with E-state index in [9.17, 15) is 9.59 Å². The molecule has 2 amide bonds. The van der Waals surface area contributed by atoms with E-state index in [1.165, 1.54) is 12.6 Å². The predicted molar refractivity (Wildman–Crippen MR) is 116 cm³/mol. The van der Waals surface area contributed by atoms with Crippen molar-refractivity contribution in [3.63, 3.8) is 0 Å². The zero-order chi connectivity index (χ0) is 21.0. The molecule has 1 aromatic heterocycles. The summed E-state index contributed by atoms with van der Waals surface area (Å²) in [7, 11) is 0. The van der Waals surface area contributed by atoms with E-state index in [0.29, 0.717) is 10.0 Å². The van der Waals surface area contributed by atoms with Gasteiger partial charge in [0, 0.05) is 38.7 Å². The van der Waals surface area contributed by atoms with Gasteiger partial charge in [0.25, 0.3) is 0 Å². The Labute approximate surface area is 180 Å². The highest BCUT2D eigenvalue weighted by molar-refractivity contribution is 6.35. The number of rotatable bonds is 4. The second-order valence-corrected chi connectivity index (χ2v) is 8.17. The minimum Gasteiger partial charge on any atom is -0.345 e. The highest BCUT2D eigenvalue weighted by Crippen LogP contribution is 2.26. The number of aryl methyl sites for hydroxylation is 1. The molecule has 0 saturated heterocycles. The van der Waals surface area contributed by atoms with E-state index in [1.807, 2.05) is 36.6 Å². The molecule has 1 aromatic carbocycles. The average Bonchev–Trinajstić information content (AvgIpc) is 2.95. The van der Waals surface area contributed by atoms with E-state index in [1.54, 1.807) is 6.07 Å². The molecule has 2 N–H and O–H groups in total. The van der Waals surface area contributed by atoms with Crippen molar-refractivity contribution in [3.05, 3.63) is 51.3 Å². The van der Waals surface area contributed by atoms with Crippen LogP contribution in [0.5, 0.6) is 0 Å². The first-order chi connectivity index (χ1) is 13.8. The fourth-order valence-corrected chi connectivity index (χ4v) is 4.21. The predicted octanol–water partition coefficient (Wildman–Crippen LogP) is 4.30. The van der Waals surface area contributed by atoms with E-state index in [4.69, 9.17) is 23.2 Å². The molecule has 1 heterocycles. The van der Waals surface area contributed by atoms with Crippen LogP contribution in [0.4, 0.5) is 0 Å². The van der Waals surface area contributed by atoms with Crippen LogP contribution in [0, 0.1) is 13.8 Å². The number of carbonyl (C=O) groups excluding carboxylic acids is 2. The fourth-order valence-electron chi connectivity index (χ4n) is 3.69. The normalized spacial score (nSPS) is 14.9. The summed E-state index contributed by atoms with van der Waals surface area (Å²) in [4.78, 5) is 24.0. The van der Waals surface area contributed by atoms with Gasteiger partial charge in [-0.25, -0.2) is 5.43 Å². The van der Waals surface area contributed by atoms with Crippen LogP contribution in [0.25, 0.3) is 5.69 Å². The maximum atomic E-state index is 12.0. The molecule has 154 valence electrons. The van der Waals surface area contributed by atoms with Crippen LogP contribution in [0.1, 0.15) is 49.1 Å². The lowest BCUT2D eigenvalue weighted by Crippen LogP contribution is -2.44. The molecule has 0 unspecified atom stereocenters. The number of nitrogens with one attached hydrogen (secondary N) is 2. The number of aromatic nitrogens is 1. The van der Waals surface area contributed by atoms with Gasteiger partial charge in [0.2, 0.25) is 0 Å². The Kier molecular flexibility index (Phi) is 6.98. The highest BCUT2D eigenvalue weighted by Gasteiger charge is 2.20. The maximum absolute atomic E-state index is 12.0. The van der Waals surface area contributed by atoms with Crippen LogP contribution < -0.4 is 10.7 Å². The minimum absolute atomic E-state index is 0.0782. The molecule has 1 saturated carbocycles. The summed E-state index contributed by atoms with van der Waals surface area (Å²) in [6, 6.07) is 7.34. The molecule has 3 rings (SSSR count). The van der Waals surface area contributed by atoms with Crippen LogP contribution in [-0.2, 0) is 9.59 Å². The van der Waals surface area contributed by atoms with E-state index in [0.717, 1.165) is 48.3 Å². The van der Waals surface area contributed by atoms with Crippen molar-refractivity contribution in [1.82, 2.24) is 15.3 Å². The van der Waals surface area contributed by atoms with Gasteiger partial charge in [-0.15, -0.1) is 0 Å². The van der Waals surface area contributed by atoms with Crippen LogP contribution in [0.15, 0.2) is 29.4 Å². The largest absolute Gasteiger partial charge is 0.345 e. The zero-order valence-electron chi connectivity index (χ0n) is 16.5. The summed E-state index contributed by atoms with van der Waals surface area (Å²) in [5.74, 6) is -1.41. The fraction of sp³-hybridized carbons (Fsp3) is 0.381. The molecule has 0 bridgehead atoms. The molecular formula is C21H24Cl2N4O2. The molecule has 0 aliphatic heterocycles. The van der Waals surface area contributed by atoms with E-state index >= 15 is 0 Å². The number of halogens is 2. The molecular weight excluding hydrogens is 411 g/mol. The van der Waals surface area contributed by atoms with Gasteiger partial charge in [0.05, 0.1) is 6.21 Å². The van der Waals surface area contributed by atoms with Gasteiger partial charge in [-0.2, -0.15) is 5.10 Å². The van der Waals surface area contributed by atoms with E-state index in [2.05, 4.69) is 15.8 Å². The number of hydrazone groups is 1. The Balaban J connectivity index is 1.66. The number of benzene rings is 1. The first-order valence-corrected chi connectivity index (χ1v) is 10.4. The second-order valence-electron chi connectivity index (χ2n) is 7.30. The summed E-state index contributed by atoms with van der Waals surface area (Å²) >= 11 is 12.2. The topological polar surface area (TPSA) is 75.5 Å². The Morgan fingerprint density at radius 1 is 1.03 bits per heavy atom. The van der Waals surface area contributed by atoms with Crippen molar-refractivity contribution >= 4 is 41.2 Å². The lowest BCUT2D eigenvalue weighted by Gasteiger charge is -2.22. The summed E-state index contributed by atoms with van der Waals surface area (Å²) in [5.41, 5.74) is 5.82. The van der Waals surface area contributed by atoms with Crippen LogP contribution in [-0.4, -0.2) is 28.6 Å². The smallest absolute Gasteiger partial charge is 0.329 e. The third kappa shape index (κ3) is 5.40. The summed E-state index contributed by atoms with van der Waals surface area (Å²) < 4.78 is 2.00. The zero-order valence-corrected chi connectivity index (χ0v) is 18.0. The highest BCUT2D eigenvalue weighted by atomic mass is 35.5. The third-order valence-corrected chi connectivity index (χ3v) is 5.53. The Hall–Kier alpha value is -2.31. The summed E-state index contributed by atoms with van der Waals surface area (Å²) in [6.45, 7) is 3.89. The SMILES string of the molecule is Cc1cc(/C=N\NC(=O)C(=O)NC2CCCCC2)c(C)n1-c1cc(Cl)cc(Cl)c1. The Bertz CT molecular complexity index is 926. The number of amides is 2. The van der Waals surface area contributed by atoms with Crippen molar-refractivity contribution in [2.45, 2.75) is 52.0 Å². The van der Waals surface area contributed by atoms with Gasteiger partial charge in [0.1, 0.15) is 0 Å². The first kappa shape index (κ1) is 21.4. The quantitative estimate of drug-likeness (QED) is 0.427. The average molecular weight is 435 g/mol. The van der Waals surface area contributed by atoms with Gasteiger partial charge in [-0.05, 0) is 51.0 Å². The Morgan fingerprint density at radius 2 is 1.69 bits per heavy atom. The lowest BCUT2D eigenvalue weighted by atomic mass is 9.95. The molecule has 1 aliphatic carbocycles. The third-order valence-electron chi connectivity index (χ3n) is 5.09. The summed E-state index contributed by atoms with van der Waals surface area (Å²) in [6.07, 6.45) is 6.71. The van der Waals surface area contributed by atoms with Crippen molar-refractivity contribution in [3.8, 4) is 5.69 Å². The standard InChI is InChI=1S/C21H24Cl2N4O2/c1-13-8-15(14(2)27(13)19-10-16(22)9-17(23)11-19)12-24-26-21(29)20(28)25-18-6-4-3-5-7-18/h8-12,18H,3-7H2,1-2H3,(H,25,28)(H,26,29)/b24-12-. The van der Waals surface area contributed by atoms with Gasteiger partial charge >= 0.3 is 11.8 Å². The minimum atomic E-state index is -0.762. The van der Waals surface area contributed by atoms with Crippen molar-refractivity contribution < 1.29 is 9.59 Å². The lowest BCUT2D eigenvalue weighted by molar-refractivity contribution is -0.139. The molecule has 8 heteroatoms. The molecule has 0 radical (unpaired) electrons. The molecule has 1 aliphatic rings. The van der Waals surface area contributed by atoms with Crippen LogP contribution in [0.2, 0.25) is 10.0 Å². The number of hydrogen-bond donors (Lipinski definition) is 2. The monoisotopic (exact) mass is 434 g/mol. The maximum Gasteiger partial charge on any atom is 0.329 e. The van der Waals surface area contributed by atoms with E-state index < -0.39 is 11.8 Å². The van der Waals surface area contributed by atoms with Gasteiger partial charge in [-0.1, -0.05) is 42.5 Å². The second kappa shape index (κ2) is 9.46. The molecule has 6 nitrogen and oxygen atoms in total. The summed E-state index contributed by atoms with van der Waals surface area (Å²) in [5, 5.41) is 7.81. The van der Waals surface area contributed by atoms with Crippen LogP contribution >= 0.6 is 23.2 Å². The van der Waals surface area contributed by atoms with Crippen molar-refractivity contribution in [2.75, 3.05) is 0 Å². The number of nitrogens with zero attached hydrogens (tertiary/aromatic N) is 2. The van der Waals surface area contributed by atoms with Crippen molar-refractivity contribution in [2.24, 2.45) is 5.10 Å². The van der Waals surface area contributed by atoms with Gasteiger partial charge in [0.15, 0.2) is 0 Å². The molecule has 0 atom stereocenters. The first-order valence-electron chi connectivity index (χ1n) is 9.64. The van der Waals surface area contributed by atoms with Gasteiger partial charge < -0.3 is 9.88 Å². The molecule has 0 spiro atoms. The number of carbonyl (C=O) groups is 2. The number of hydrogen-bond acceptors (Lipinski definition) is 3. The van der Waals surface area contributed by atoms with Crippen LogP contribution in [0.3, 0.4) is 0 Å². The molecule has 2 aromatic rings. The Morgan fingerprint density at radius 3 is 2.34 bits per heavy atom. The van der Waals surface area contributed by atoms with Crippen molar-refractivity contribution in [1.29, 1.82) is 0 Å². The van der Waals surface area contributed by atoms with E-state index in [-0.39, 0.29) is 6.04 Å². The molecule has 29 heavy (non-hydrogen) atoms.